The lowest BCUT2D eigenvalue weighted by molar-refractivity contribution is 0.340. The van der Waals surface area contributed by atoms with Gasteiger partial charge in [-0.3, -0.25) is 14.7 Å². The summed E-state index contributed by atoms with van der Waals surface area (Å²) in [6.07, 6.45) is 0. The Hall–Kier alpha value is -3.16. The quantitative estimate of drug-likeness (QED) is 0.723. The predicted molar refractivity (Wildman–Crippen MR) is 85.2 cm³/mol. The molecule has 0 saturated carbocycles. The van der Waals surface area contributed by atoms with Crippen LogP contribution in [-0.2, 0) is 0 Å². The van der Waals surface area contributed by atoms with Gasteiger partial charge in [0.2, 0.25) is 0 Å². The molecule has 0 aliphatic carbocycles. The second-order valence-corrected chi connectivity index (χ2v) is 4.89. The third-order valence-corrected chi connectivity index (χ3v) is 3.17. The molecular weight excluding hydrogens is 298 g/mol. The van der Waals surface area contributed by atoms with Crippen LogP contribution < -0.4 is 15.9 Å². The first-order chi connectivity index (χ1) is 11.1. The number of aryl methyl sites for hydroxylation is 1. The van der Waals surface area contributed by atoms with Gasteiger partial charge in [-0.2, -0.15) is 9.63 Å². The SMILES string of the molecule is CCOc1ccc(N=Nc2c(=O)[nH]n3c(=O)cc(C)[nH]c23)cc1. The highest BCUT2D eigenvalue weighted by Gasteiger charge is 2.11. The van der Waals surface area contributed by atoms with Gasteiger partial charge in [0.1, 0.15) is 5.75 Å². The Bertz CT molecular complexity index is 979. The summed E-state index contributed by atoms with van der Waals surface area (Å²) in [5.74, 6) is 0.735. The van der Waals surface area contributed by atoms with Crippen molar-refractivity contribution >= 4 is 17.0 Å². The molecule has 3 aromatic rings. The fourth-order valence-corrected chi connectivity index (χ4v) is 2.15. The molecule has 0 radical (unpaired) electrons. The molecule has 1 aromatic carbocycles. The highest BCUT2D eigenvalue weighted by atomic mass is 16.5. The molecule has 118 valence electrons. The van der Waals surface area contributed by atoms with Crippen LogP contribution in [0, 0.1) is 6.92 Å². The molecular formula is C15H15N5O3. The van der Waals surface area contributed by atoms with E-state index in [1.54, 1.807) is 31.2 Å². The lowest BCUT2D eigenvalue weighted by atomic mass is 10.3. The zero-order chi connectivity index (χ0) is 16.4. The van der Waals surface area contributed by atoms with E-state index in [1.165, 1.54) is 6.07 Å². The zero-order valence-electron chi connectivity index (χ0n) is 12.7. The molecule has 0 fully saturated rings. The molecule has 0 saturated heterocycles. The van der Waals surface area contributed by atoms with E-state index in [4.69, 9.17) is 4.74 Å². The van der Waals surface area contributed by atoms with Crippen molar-refractivity contribution in [3.05, 3.63) is 56.7 Å². The van der Waals surface area contributed by atoms with Crippen molar-refractivity contribution in [2.24, 2.45) is 10.2 Å². The molecule has 0 aliphatic rings. The lowest BCUT2D eigenvalue weighted by Gasteiger charge is -2.01. The largest absolute Gasteiger partial charge is 0.494 e. The van der Waals surface area contributed by atoms with Crippen molar-refractivity contribution < 1.29 is 4.74 Å². The topological polar surface area (TPSA) is 104 Å². The van der Waals surface area contributed by atoms with Crippen LogP contribution >= 0.6 is 0 Å². The van der Waals surface area contributed by atoms with Gasteiger partial charge >= 0.3 is 0 Å². The van der Waals surface area contributed by atoms with Crippen molar-refractivity contribution in [3.8, 4) is 5.75 Å². The Morgan fingerprint density at radius 1 is 1.17 bits per heavy atom. The van der Waals surface area contributed by atoms with E-state index >= 15 is 0 Å². The summed E-state index contributed by atoms with van der Waals surface area (Å²) < 4.78 is 6.46. The van der Waals surface area contributed by atoms with E-state index in [-0.39, 0.29) is 16.9 Å². The summed E-state index contributed by atoms with van der Waals surface area (Å²) in [6.45, 7) is 4.22. The van der Waals surface area contributed by atoms with Gasteiger partial charge < -0.3 is 9.72 Å². The Balaban J connectivity index is 1.99. The van der Waals surface area contributed by atoms with Crippen LogP contribution in [0.4, 0.5) is 11.4 Å². The summed E-state index contributed by atoms with van der Waals surface area (Å²) >= 11 is 0. The second kappa shape index (κ2) is 5.91. The molecule has 0 spiro atoms. The van der Waals surface area contributed by atoms with E-state index in [9.17, 15) is 9.59 Å². The maximum Gasteiger partial charge on any atom is 0.294 e. The average molecular weight is 313 g/mol. The van der Waals surface area contributed by atoms with Crippen LogP contribution in [0.3, 0.4) is 0 Å². The molecule has 23 heavy (non-hydrogen) atoms. The Kier molecular flexibility index (Phi) is 3.80. The molecule has 2 N–H and O–H groups in total. The number of nitrogens with zero attached hydrogens (tertiary/aromatic N) is 3. The van der Waals surface area contributed by atoms with Crippen LogP contribution in [0.2, 0.25) is 0 Å². The molecule has 0 atom stereocenters. The van der Waals surface area contributed by atoms with E-state index in [1.807, 2.05) is 6.92 Å². The average Bonchev–Trinajstić information content (AvgIpc) is 2.83. The fraction of sp³-hybridized carbons (Fsp3) is 0.200. The normalized spacial score (nSPS) is 11.4. The molecule has 2 aromatic heterocycles. The molecule has 0 unspecified atom stereocenters. The number of azo groups is 1. The summed E-state index contributed by atoms with van der Waals surface area (Å²) in [5.41, 5.74) is 0.720. The Labute approximate surface area is 130 Å². The third-order valence-electron chi connectivity index (χ3n) is 3.17. The van der Waals surface area contributed by atoms with Crippen molar-refractivity contribution in [2.45, 2.75) is 13.8 Å². The number of H-pyrrole nitrogens is 2. The number of aromatic nitrogens is 3. The van der Waals surface area contributed by atoms with Gasteiger partial charge in [-0.05, 0) is 38.1 Å². The van der Waals surface area contributed by atoms with Gasteiger partial charge in [-0.1, -0.05) is 0 Å². The summed E-state index contributed by atoms with van der Waals surface area (Å²) in [5, 5.41) is 10.4. The molecule has 0 bridgehead atoms. The number of nitrogens with one attached hydrogen (secondary N) is 2. The third kappa shape index (κ3) is 2.91. The van der Waals surface area contributed by atoms with Crippen molar-refractivity contribution in [3.63, 3.8) is 0 Å². The fourth-order valence-electron chi connectivity index (χ4n) is 2.15. The van der Waals surface area contributed by atoms with Crippen LogP contribution in [0.5, 0.6) is 5.75 Å². The number of hydrogen-bond donors (Lipinski definition) is 2. The predicted octanol–water partition coefficient (Wildman–Crippen LogP) is 2.44. The number of fused-ring (bicyclic) bond motifs is 1. The number of hydrogen-bond acceptors (Lipinski definition) is 5. The van der Waals surface area contributed by atoms with Crippen molar-refractivity contribution in [2.75, 3.05) is 6.61 Å². The minimum atomic E-state index is -0.487. The minimum absolute atomic E-state index is 0.0553. The lowest BCUT2D eigenvalue weighted by Crippen LogP contribution is -2.15. The van der Waals surface area contributed by atoms with Gasteiger partial charge in [0.15, 0.2) is 11.3 Å². The molecule has 0 aliphatic heterocycles. The Morgan fingerprint density at radius 3 is 2.61 bits per heavy atom. The molecule has 3 rings (SSSR count). The highest BCUT2D eigenvalue weighted by Crippen LogP contribution is 2.21. The van der Waals surface area contributed by atoms with Crippen LogP contribution in [0.1, 0.15) is 12.6 Å². The van der Waals surface area contributed by atoms with E-state index in [0.29, 0.717) is 18.0 Å². The van der Waals surface area contributed by atoms with E-state index in [0.717, 1.165) is 10.3 Å². The second-order valence-electron chi connectivity index (χ2n) is 4.89. The molecule has 8 nitrogen and oxygen atoms in total. The van der Waals surface area contributed by atoms with Crippen LogP contribution in [0.25, 0.3) is 5.65 Å². The number of rotatable bonds is 4. The van der Waals surface area contributed by atoms with Gasteiger partial charge in [-0.15, -0.1) is 5.11 Å². The van der Waals surface area contributed by atoms with Crippen molar-refractivity contribution in [1.82, 2.24) is 14.6 Å². The zero-order valence-corrected chi connectivity index (χ0v) is 12.7. The highest BCUT2D eigenvalue weighted by molar-refractivity contribution is 5.62. The first kappa shape index (κ1) is 14.8. The van der Waals surface area contributed by atoms with Crippen LogP contribution in [-0.4, -0.2) is 21.2 Å². The summed E-state index contributed by atoms with van der Waals surface area (Å²) in [4.78, 5) is 26.7. The van der Waals surface area contributed by atoms with Gasteiger partial charge in [0.25, 0.3) is 11.1 Å². The van der Waals surface area contributed by atoms with E-state index in [2.05, 4.69) is 20.3 Å². The van der Waals surface area contributed by atoms with Gasteiger partial charge in [0, 0.05) is 11.8 Å². The molecule has 8 heteroatoms. The van der Waals surface area contributed by atoms with Gasteiger partial charge in [0.05, 0.1) is 12.3 Å². The molecule has 0 amide bonds. The van der Waals surface area contributed by atoms with E-state index < -0.39 is 5.56 Å². The summed E-state index contributed by atoms with van der Waals surface area (Å²) in [7, 11) is 0. The van der Waals surface area contributed by atoms with Crippen LogP contribution in [0.15, 0.2) is 50.1 Å². The first-order valence-electron chi connectivity index (χ1n) is 7.07. The number of benzene rings is 1. The number of ether oxygens (including phenoxy) is 1. The maximum absolute atomic E-state index is 12.0. The maximum atomic E-state index is 12.0. The smallest absolute Gasteiger partial charge is 0.294 e. The standard InChI is InChI=1S/C15H15N5O3/c1-3-23-11-6-4-10(5-7-11)17-18-13-14-16-9(2)8-12(21)20(14)19-15(13)22/h4-8,16H,3H2,1-2H3,(H,19,22). The van der Waals surface area contributed by atoms with Gasteiger partial charge in [-0.25, -0.2) is 0 Å². The summed E-state index contributed by atoms with van der Waals surface area (Å²) in [6, 6.07) is 8.39. The minimum Gasteiger partial charge on any atom is -0.494 e. The number of aromatic amines is 2. The Morgan fingerprint density at radius 2 is 1.91 bits per heavy atom. The first-order valence-corrected chi connectivity index (χ1v) is 7.07. The monoisotopic (exact) mass is 313 g/mol. The van der Waals surface area contributed by atoms with Crippen molar-refractivity contribution in [1.29, 1.82) is 0 Å². The molecule has 2 heterocycles.